The van der Waals surface area contributed by atoms with Crippen LogP contribution >= 0.6 is 15.9 Å². The van der Waals surface area contributed by atoms with Gasteiger partial charge in [0, 0.05) is 23.2 Å². The van der Waals surface area contributed by atoms with Crippen LogP contribution < -0.4 is 5.32 Å². The largest absolute Gasteiger partial charge is 0.465 e. The van der Waals surface area contributed by atoms with Gasteiger partial charge in [0.2, 0.25) is 15.9 Å². The zero-order valence-electron chi connectivity index (χ0n) is 18.0. The molecule has 2 aromatic carbocycles. The Morgan fingerprint density at radius 3 is 2.12 bits per heavy atom. The Morgan fingerprint density at radius 2 is 1.58 bits per heavy atom. The first kappa shape index (κ1) is 24.9. The Morgan fingerprint density at radius 1 is 1.00 bits per heavy atom. The summed E-state index contributed by atoms with van der Waals surface area (Å²) >= 11 is 3.29. The summed E-state index contributed by atoms with van der Waals surface area (Å²) in [6, 6.07) is 10.4. The maximum absolute atomic E-state index is 13.0. The lowest BCUT2D eigenvalue weighted by molar-refractivity contribution is -0.120. The summed E-state index contributed by atoms with van der Waals surface area (Å²) in [5, 5.41) is 2.69. The number of benzene rings is 2. The molecule has 0 radical (unpaired) electrons. The number of nitrogens with one attached hydrogen (secondary N) is 1. The van der Waals surface area contributed by atoms with Crippen molar-refractivity contribution in [3.05, 3.63) is 58.1 Å². The zero-order valence-corrected chi connectivity index (χ0v) is 20.4. The Bertz CT molecular complexity index is 1130. The lowest BCUT2D eigenvalue weighted by atomic mass is 9.98. The van der Waals surface area contributed by atoms with Crippen LogP contribution in [-0.2, 0) is 24.3 Å². The minimum absolute atomic E-state index is 0.0186. The maximum Gasteiger partial charge on any atom is 0.337 e. The molecule has 33 heavy (non-hydrogen) atoms. The number of carbonyl (C=O) groups excluding carboxylic acids is 3. The number of ether oxygens (including phenoxy) is 2. The second-order valence-corrected chi connectivity index (χ2v) is 10.3. The van der Waals surface area contributed by atoms with E-state index in [4.69, 9.17) is 9.47 Å². The lowest BCUT2D eigenvalue weighted by Crippen LogP contribution is -2.43. The monoisotopic (exact) mass is 538 g/mol. The fourth-order valence-electron chi connectivity index (χ4n) is 3.55. The van der Waals surface area contributed by atoms with Crippen molar-refractivity contribution in [1.82, 2.24) is 4.31 Å². The molecule has 1 fully saturated rings. The van der Waals surface area contributed by atoms with Gasteiger partial charge < -0.3 is 14.8 Å². The summed E-state index contributed by atoms with van der Waals surface area (Å²) in [5.74, 6) is -2.38. The van der Waals surface area contributed by atoms with Crippen LogP contribution in [0.4, 0.5) is 5.69 Å². The molecule has 1 aliphatic heterocycles. The zero-order chi connectivity index (χ0) is 24.2. The van der Waals surface area contributed by atoms with E-state index in [-0.39, 0.29) is 28.3 Å². The predicted molar refractivity (Wildman–Crippen MR) is 123 cm³/mol. The van der Waals surface area contributed by atoms with E-state index >= 15 is 0 Å². The maximum atomic E-state index is 13.0. The van der Waals surface area contributed by atoms with Gasteiger partial charge in [-0.25, -0.2) is 18.0 Å². The van der Waals surface area contributed by atoms with E-state index in [1.807, 2.05) is 0 Å². The molecule has 0 aromatic heterocycles. The van der Waals surface area contributed by atoms with Crippen LogP contribution in [0.3, 0.4) is 0 Å². The van der Waals surface area contributed by atoms with E-state index in [9.17, 15) is 22.8 Å². The number of amides is 1. The highest BCUT2D eigenvalue weighted by Crippen LogP contribution is 2.26. The second kappa shape index (κ2) is 10.4. The molecule has 0 saturated carbocycles. The SMILES string of the molecule is COC(=O)c1cc(NC(=O)[C@@H]2CCCN(S(=O)(=O)c3ccc(Br)cc3)C2)cc(C(=O)OC)c1. The average molecular weight is 539 g/mol. The predicted octanol–water partition coefficient (Wildman–Crippen LogP) is 3.06. The number of halogens is 1. The van der Waals surface area contributed by atoms with Gasteiger partial charge >= 0.3 is 11.9 Å². The van der Waals surface area contributed by atoms with Crippen LogP contribution in [0.15, 0.2) is 51.8 Å². The molecule has 176 valence electrons. The number of nitrogens with zero attached hydrogens (tertiary/aromatic N) is 1. The summed E-state index contributed by atoms with van der Waals surface area (Å²) in [5.41, 5.74) is 0.341. The topological polar surface area (TPSA) is 119 Å². The number of carbonyl (C=O) groups is 3. The number of hydrogen-bond acceptors (Lipinski definition) is 7. The molecule has 0 aliphatic carbocycles. The number of hydrogen-bond donors (Lipinski definition) is 1. The van der Waals surface area contributed by atoms with E-state index < -0.39 is 33.8 Å². The molecule has 0 bridgehead atoms. The molecule has 3 rings (SSSR count). The fourth-order valence-corrected chi connectivity index (χ4v) is 5.33. The van der Waals surface area contributed by atoms with Gasteiger partial charge in [-0.1, -0.05) is 15.9 Å². The number of piperidine rings is 1. The van der Waals surface area contributed by atoms with Gasteiger partial charge in [-0.3, -0.25) is 4.79 Å². The van der Waals surface area contributed by atoms with Crippen molar-refractivity contribution >= 4 is 49.5 Å². The van der Waals surface area contributed by atoms with Crippen LogP contribution in [0.1, 0.15) is 33.6 Å². The molecule has 1 saturated heterocycles. The Kier molecular flexibility index (Phi) is 7.88. The van der Waals surface area contributed by atoms with Crippen LogP contribution in [0.25, 0.3) is 0 Å². The number of rotatable bonds is 6. The lowest BCUT2D eigenvalue weighted by Gasteiger charge is -2.31. The molecule has 1 aliphatic rings. The third-order valence-corrected chi connectivity index (χ3v) is 7.66. The molecule has 2 aromatic rings. The second-order valence-electron chi connectivity index (χ2n) is 7.43. The van der Waals surface area contributed by atoms with E-state index in [1.165, 1.54) is 48.9 Å². The first-order valence-electron chi connectivity index (χ1n) is 10.0. The average Bonchev–Trinajstić information content (AvgIpc) is 2.83. The number of methoxy groups -OCH3 is 2. The van der Waals surface area contributed by atoms with E-state index in [0.717, 1.165) is 4.47 Å². The summed E-state index contributed by atoms with van der Waals surface area (Å²) in [7, 11) is -1.35. The third kappa shape index (κ3) is 5.79. The van der Waals surface area contributed by atoms with E-state index in [2.05, 4.69) is 21.2 Å². The molecule has 1 N–H and O–H groups in total. The summed E-state index contributed by atoms with van der Waals surface area (Å²) in [4.78, 5) is 37.0. The smallest absolute Gasteiger partial charge is 0.337 e. The molecular formula is C22H23BrN2O7S. The van der Waals surface area contributed by atoms with Gasteiger partial charge in [0.25, 0.3) is 0 Å². The fraction of sp³-hybridized carbons (Fsp3) is 0.318. The van der Waals surface area contributed by atoms with Crippen molar-refractivity contribution in [3.63, 3.8) is 0 Å². The van der Waals surface area contributed by atoms with Crippen molar-refractivity contribution in [2.45, 2.75) is 17.7 Å². The van der Waals surface area contributed by atoms with E-state index in [0.29, 0.717) is 19.4 Å². The summed E-state index contributed by atoms with van der Waals surface area (Å²) in [6.07, 6.45) is 1.02. The van der Waals surface area contributed by atoms with Crippen LogP contribution in [0.2, 0.25) is 0 Å². The normalized spacial score (nSPS) is 16.6. The van der Waals surface area contributed by atoms with Gasteiger partial charge in [0.1, 0.15) is 0 Å². The molecule has 1 atom stereocenters. The summed E-state index contributed by atoms with van der Waals surface area (Å²) < 4.78 is 37.5. The first-order valence-corrected chi connectivity index (χ1v) is 12.3. The van der Waals surface area contributed by atoms with Gasteiger partial charge in [-0.2, -0.15) is 4.31 Å². The number of anilines is 1. The third-order valence-electron chi connectivity index (χ3n) is 5.25. The van der Waals surface area contributed by atoms with Gasteiger partial charge in [-0.05, 0) is 55.3 Å². The molecule has 0 unspecified atom stereocenters. The van der Waals surface area contributed by atoms with Crippen molar-refractivity contribution in [1.29, 1.82) is 0 Å². The molecular weight excluding hydrogens is 516 g/mol. The molecule has 1 heterocycles. The summed E-state index contributed by atoms with van der Waals surface area (Å²) in [6.45, 7) is 0.331. The van der Waals surface area contributed by atoms with E-state index in [1.54, 1.807) is 12.1 Å². The minimum atomic E-state index is -3.75. The van der Waals surface area contributed by atoms with Crippen molar-refractivity contribution < 1.29 is 32.3 Å². The number of esters is 2. The molecule has 11 heteroatoms. The Hall–Kier alpha value is -2.76. The first-order chi connectivity index (χ1) is 15.6. The minimum Gasteiger partial charge on any atom is -0.465 e. The standard InChI is InChI=1S/C22H23BrN2O7S/c1-31-21(27)15-10-16(22(28)32-2)12-18(11-15)24-20(26)14-4-3-9-25(13-14)33(29,30)19-7-5-17(23)6-8-19/h5-8,10-12,14H,3-4,9,13H2,1-2H3,(H,24,26)/t14-/m1/s1. The quantitative estimate of drug-likeness (QED) is 0.561. The van der Waals surface area contributed by atoms with Crippen molar-refractivity contribution in [2.75, 3.05) is 32.6 Å². The van der Waals surface area contributed by atoms with Crippen LogP contribution in [0, 0.1) is 5.92 Å². The van der Waals surface area contributed by atoms with Gasteiger partial charge in [-0.15, -0.1) is 0 Å². The molecule has 9 nitrogen and oxygen atoms in total. The molecule has 0 spiro atoms. The highest BCUT2D eigenvalue weighted by atomic mass is 79.9. The van der Waals surface area contributed by atoms with Crippen LogP contribution in [0.5, 0.6) is 0 Å². The van der Waals surface area contributed by atoms with Crippen molar-refractivity contribution in [3.8, 4) is 0 Å². The van der Waals surface area contributed by atoms with Crippen LogP contribution in [-0.4, -0.2) is 57.9 Å². The Labute approximate surface area is 200 Å². The highest BCUT2D eigenvalue weighted by molar-refractivity contribution is 9.10. The number of sulfonamides is 1. The van der Waals surface area contributed by atoms with Gasteiger partial charge in [0.05, 0.1) is 36.2 Å². The molecule has 1 amide bonds. The van der Waals surface area contributed by atoms with Gasteiger partial charge in [0.15, 0.2) is 0 Å². The van der Waals surface area contributed by atoms with Crippen molar-refractivity contribution in [2.24, 2.45) is 5.92 Å². The highest BCUT2D eigenvalue weighted by Gasteiger charge is 2.33. The Balaban J connectivity index is 1.79.